The first-order valence-corrected chi connectivity index (χ1v) is 7.74. The maximum Gasteiger partial charge on any atom is 0.352 e. The molecule has 2 heterocycles. The van der Waals surface area contributed by atoms with Gasteiger partial charge in [-0.15, -0.1) is 0 Å². The van der Waals surface area contributed by atoms with Gasteiger partial charge < -0.3 is 5.73 Å². The van der Waals surface area contributed by atoms with E-state index in [0.29, 0.717) is 23.8 Å². The second kappa shape index (κ2) is 5.34. The summed E-state index contributed by atoms with van der Waals surface area (Å²) in [5.74, 6) is 0. The molecule has 120 valence electrons. The Bertz CT molecular complexity index is 936. The number of nitrogens with zero attached hydrogens (tertiary/aromatic N) is 3. The van der Waals surface area contributed by atoms with Crippen LogP contribution in [0.15, 0.2) is 27.8 Å². The van der Waals surface area contributed by atoms with Gasteiger partial charge in [0.05, 0.1) is 18.8 Å². The monoisotopic (exact) mass is 330 g/mol. The molecule has 6 nitrogen and oxygen atoms in total. The molecule has 7 heteroatoms. The van der Waals surface area contributed by atoms with E-state index in [1.54, 1.807) is 0 Å². The summed E-state index contributed by atoms with van der Waals surface area (Å²) < 4.78 is 4.16. The molecule has 0 bridgehead atoms. The first-order chi connectivity index (χ1) is 10.8. The lowest BCUT2D eigenvalue weighted by atomic mass is 9.97. The summed E-state index contributed by atoms with van der Waals surface area (Å²) in [5, 5.41) is 0. The topological polar surface area (TPSA) is 74.9 Å². The highest BCUT2D eigenvalue weighted by Gasteiger charge is 2.22. The fourth-order valence-electron chi connectivity index (χ4n) is 3.08. The van der Waals surface area contributed by atoms with Crippen molar-refractivity contribution >= 4 is 17.2 Å². The number of fused-ring (bicyclic) bond motifs is 1. The zero-order chi connectivity index (χ0) is 16.9. The molecule has 0 radical (unpaired) electrons. The summed E-state index contributed by atoms with van der Waals surface area (Å²) in [5.41, 5.74) is 9.03. The van der Waals surface area contributed by atoms with Crippen LogP contribution in [0.3, 0.4) is 0 Å². The van der Waals surface area contributed by atoms with Crippen LogP contribution >= 0.6 is 12.2 Å². The summed E-state index contributed by atoms with van der Waals surface area (Å²) >= 11 is 5.08. The average Bonchev–Trinajstić information content (AvgIpc) is 2.76. The zero-order valence-electron chi connectivity index (χ0n) is 13.3. The van der Waals surface area contributed by atoms with Crippen molar-refractivity contribution in [3.05, 3.63) is 61.4 Å². The number of nitrogens with two attached hydrogens (primary N) is 1. The molecule has 1 aliphatic heterocycles. The number of hydrogen-bond acceptors (Lipinski definition) is 3. The molecule has 23 heavy (non-hydrogen) atoms. The van der Waals surface area contributed by atoms with Gasteiger partial charge in [-0.25, -0.2) is 23.5 Å². The van der Waals surface area contributed by atoms with Crippen LogP contribution in [0.1, 0.15) is 22.3 Å². The lowest BCUT2D eigenvalue weighted by Gasteiger charge is -2.15. The summed E-state index contributed by atoms with van der Waals surface area (Å²) in [6.07, 6.45) is 3.76. The first-order valence-electron chi connectivity index (χ1n) is 7.33. The number of thiocarbonyl (C=S) groups is 1. The van der Waals surface area contributed by atoms with Gasteiger partial charge in [0.25, 0.3) is 0 Å². The van der Waals surface area contributed by atoms with E-state index in [-0.39, 0.29) is 11.4 Å². The molecule has 0 atom stereocenters. The molecule has 0 fully saturated rings. The van der Waals surface area contributed by atoms with Crippen LogP contribution in [0.2, 0.25) is 0 Å². The third-order valence-corrected chi connectivity index (χ3v) is 4.60. The number of allylic oxidation sites excluding steroid dienone is 2. The van der Waals surface area contributed by atoms with Gasteiger partial charge in [-0.1, -0.05) is 24.4 Å². The fourth-order valence-corrected chi connectivity index (χ4v) is 3.29. The second-order valence-electron chi connectivity index (χ2n) is 5.74. The Morgan fingerprint density at radius 1 is 1.04 bits per heavy atom. The van der Waals surface area contributed by atoms with Gasteiger partial charge in [0.1, 0.15) is 4.99 Å². The normalized spacial score (nSPS) is 13.2. The van der Waals surface area contributed by atoms with Crippen molar-refractivity contribution in [1.82, 2.24) is 13.9 Å². The number of rotatable bonds is 2. The minimum Gasteiger partial charge on any atom is -0.389 e. The Balaban J connectivity index is 2.36. The van der Waals surface area contributed by atoms with Gasteiger partial charge in [0, 0.05) is 5.56 Å². The lowest BCUT2D eigenvalue weighted by Crippen LogP contribution is -2.29. The Kier molecular flexibility index (Phi) is 3.60. The number of benzene rings is 1. The smallest absolute Gasteiger partial charge is 0.352 e. The van der Waals surface area contributed by atoms with Gasteiger partial charge in [0.2, 0.25) is 0 Å². The van der Waals surface area contributed by atoms with E-state index in [1.807, 2.05) is 39.0 Å². The predicted molar refractivity (Wildman–Crippen MR) is 93.5 cm³/mol. The molecule has 0 aliphatic carbocycles. The van der Waals surface area contributed by atoms with Crippen molar-refractivity contribution in [3.8, 4) is 5.69 Å². The van der Waals surface area contributed by atoms with Crippen molar-refractivity contribution in [2.75, 3.05) is 0 Å². The van der Waals surface area contributed by atoms with E-state index < -0.39 is 0 Å². The number of hydrogen-bond donors (Lipinski definition) is 1. The molecule has 3 rings (SSSR count). The van der Waals surface area contributed by atoms with Gasteiger partial charge in [-0.05, 0) is 43.5 Å². The van der Waals surface area contributed by atoms with Crippen LogP contribution in [0, 0.1) is 20.8 Å². The summed E-state index contributed by atoms with van der Waals surface area (Å²) in [7, 11) is 0. The minimum atomic E-state index is -0.326. The van der Waals surface area contributed by atoms with Gasteiger partial charge >= 0.3 is 11.4 Å². The lowest BCUT2D eigenvalue weighted by molar-refractivity contribution is 0.482. The highest BCUT2D eigenvalue weighted by molar-refractivity contribution is 7.80. The summed E-state index contributed by atoms with van der Waals surface area (Å²) in [6, 6.07) is 1.84. The highest BCUT2D eigenvalue weighted by Crippen LogP contribution is 2.24. The van der Waals surface area contributed by atoms with E-state index in [1.165, 1.54) is 13.9 Å². The second-order valence-corrected chi connectivity index (χ2v) is 6.18. The van der Waals surface area contributed by atoms with Crippen LogP contribution in [0.5, 0.6) is 0 Å². The molecule has 0 saturated heterocycles. The van der Waals surface area contributed by atoms with Crippen LogP contribution in [-0.4, -0.2) is 18.9 Å². The van der Waals surface area contributed by atoms with Crippen molar-refractivity contribution < 1.29 is 0 Å². The predicted octanol–water partition coefficient (Wildman–Crippen LogP) is 0.930. The SMILES string of the molecule is Cc1cc(C(N)=S)c(C)c(C)c1-n1c(=O)n2n(c1=O)CC=CC2. The molecule has 0 spiro atoms. The first kappa shape index (κ1) is 15.5. The molecular formula is C16H18N4O2S. The maximum atomic E-state index is 12.7. The van der Waals surface area contributed by atoms with E-state index in [2.05, 4.69) is 0 Å². The third kappa shape index (κ3) is 2.19. The van der Waals surface area contributed by atoms with E-state index in [9.17, 15) is 9.59 Å². The molecule has 1 aromatic heterocycles. The van der Waals surface area contributed by atoms with Crippen LogP contribution in [0.25, 0.3) is 5.69 Å². The van der Waals surface area contributed by atoms with Gasteiger partial charge in [-0.2, -0.15) is 0 Å². The number of aromatic nitrogens is 3. The van der Waals surface area contributed by atoms with E-state index in [4.69, 9.17) is 18.0 Å². The van der Waals surface area contributed by atoms with Crippen LogP contribution < -0.4 is 17.1 Å². The van der Waals surface area contributed by atoms with Crippen molar-refractivity contribution in [1.29, 1.82) is 0 Å². The zero-order valence-corrected chi connectivity index (χ0v) is 14.1. The number of aryl methyl sites for hydroxylation is 1. The average molecular weight is 330 g/mol. The van der Waals surface area contributed by atoms with E-state index in [0.717, 1.165) is 22.3 Å². The van der Waals surface area contributed by atoms with Crippen LogP contribution in [0.4, 0.5) is 0 Å². The molecule has 0 saturated carbocycles. The third-order valence-electron chi connectivity index (χ3n) is 4.38. The largest absolute Gasteiger partial charge is 0.389 e. The molecule has 1 aliphatic rings. The van der Waals surface area contributed by atoms with Crippen molar-refractivity contribution in [2.45, 2.75) is 33.9 Å². The van der Waals surface area contributed by atoms with Crippen molar-refractivity contribution in [2.24, 2.45) is 5.73 Å². The standard InChI is InChI=1S/C16H18N4O2S/c1-9-8-12(14(17)23)10(2)11(3)13(9)20-15(21)18-6-4-5-7-19(18)16(20)22/h4-5,8H,6-7H2,1-3H3,(H2,17,23). The van der Waals surface area contributed by atoms with Crippen molar-refractivity contribution in [3.63, 3.8) is 0 Å². The molecule has 0 unspecified atom stereocenters. The minimum absolute atomic E-state index is 0.310. The highest BCUT2D eigenvalue weighted by atomic mass is 32.1. The maximum absolute atomic E-state index is 12.7. The van der Waals surface area contributed by atoms with Gasteiger partial charge in [0.15, 0.2) is 0 Å². The quantitative estimate of drug-likeness (QED) is 0.657. The Morgan fingerprint density at radius 3 is 2.04 bits per heavy atom. The fraction of sp³-hybridized carbons (Fsp3) is 0.312. The van der Waals surface area contributed by atoms with Gasteiger partial charge in [-0.3, -0.25) is 0 Å². The Labute approximate surface area is 138 Å². The Hall–Kier alpha value is -2.41. The molecule has 1 aromatic carbocycles. The van der Waals surface area contributed by atoms with Crippen LogP contribution in [-0.2, 0) is 13.1 Å². The van der Waals surface area contributed by atoms with E-state index >= 15 is 0 Å². The summed E-state index contributed by atoms with van der Waals surface area (Å²) in [6.45, 7) is 6.44. The molecule has 2 N–H and O–H groups in total. The molecule has 2 aromatic rings. The molecule has 0 amide bonds. The summed E-state index contributed by atoms with van der Waals surface area (Å²) in [4.78, 5) is 25.7. The molecular weight excluding hydrogens is 312 g/mol. The Morgan fingerprint density at radius 2 is 1.57 bits per heavy atom.